The summed E-state index contributed by atoms with van der Waals surface area (Å²) in [5.41, 5.74) is 0.286. The highest BCUT2D eigenvalue weighted by Gasteiger charge is 2.59. The zero-order valence-electron chi connectivity index (χ0n) is 15.9. The Morgan fingerprint density at radius 1 is 1.44 bits per heavy atom. The van der Waals surface area contributed by atoms with Gasteiger partial charge in [0.25, 0.3) is 0 Å². The van der Waals surface area contributed by atoms with Crippen LogP contribution in [-0.2, 0) is 0 Å². The fourth-order valence-corrected chi connectivity index (χ4v) is 5.28. The van der Waals surface area contributed by atoms with Crippen LogP contribution in [0.1, 0.15) is 46.5 Å². The summed E-state index contributed by atoms with van der Waals surface area (Å²) in [5, 5.41) is 14.8. The number of pyridine rings is 2. The van der Waals surface area contributed by atoms with E-state index >= 15 is 0 Å². The van der Waals surface area contributed by atoms with E-state index in [2.05, 4.69) is 36.1 Å². The van der Waals surface area contributed by atoms with Crippen LogP contribution in [0.4, 0.5) is 10.6 Å². The molecular weight excluding hydrogens is 364 g/mol. The third-order valence-electron chi connectivity index (χ3n) is 6.37. The van der Waals surface area contributed by atoms with Gasteiger partial charge in [0, 0.05) is 29.7 Å². The van der Waals surface area contributed by atoms with Crippen molar-refractivity contribution in [2.75, 3.05) is 5.32 Å². The van der Waals surface area contributed by atoms with Gasteiger partial charge in [-0.25, -0.2) is 9.78 Å². The molecule has 4 heterocycles. The Kier molecular flexibility index (Phi) is 4.22. The highest BCUT2D eigenvalue weighted by atomic mass is 35.5. The Bertz CT molecular complexity index is 897. The third-order valence-corrected chi connectivity index (χ3v) is 6.56. The summed E-state index contributed by atoms with van der Waals surface area (Å²) in [6.07, 6.45) is 4.28. The smallest absolute Gasteiger partial charge is 0.408 e. The number of nitrogens with one attached hydrogen (secondary N) is 1. The van der Waals surface area contributed by atoms with Crippen LogP contribution in [0, 0.1) is 5.41 Å². The van der Waals surface area contributed by atoms with E-state index in [-0.39, 0.29) is 23.0 Å². The topological polar surface area (TPSA) is 78.4 Å². The molecule has 4 rings (SSSR count). The van der Waals surface area contributed by atoms with Gasteiger partial charge in [0.15, 0.2) is 0 Å². The molecule has 0 aromatic carbocycles. The largest absolute Gasteiger partial charge is 0.465 e. The molecule has 1 amide bonds. The van der Waals surface area contributed by atoms with E-state index in [0.29, 0.717) is 5.15 Å². The van der Waals surface area contributed by atoms with Gasteiger partial charge in [0.2, 0.25) is 0 Å². The van der Waals surface area contributed by atoms with Gasteiger partial charge in [-0.2, -0.15) is 0 Å². The standard InChI is InChI=1S/C20H25ClN4O2/c1-19(2,3)20-7-6-13(25(20)18(26)27)9-12(11-20)23-17-14-5-4-8-22-15(14)10-16(21)24-17/h4-5,8,10,12-13H,6-7,9,11H2,1-3H3,(H,23,24)(H,26,27)/t12-,13-,20+/m0/s1. The van der Waals surface area contributed by atoms with Crippen LogP contribution >= 0.6 is 11.6 Å². The van der Waals surface area contributed by atoms with Crippen LogP contribution in [0.5, 0.6) is 0 Å². The number of amides is 1. The summed E-state index contributed by atoms with van der Waals surface area (Å²) in [4.78, 5) is 22.6. The van der Waals surface area contributed by atoms with Crippen molar-refractivity contribution in [3.63, 3.8) is 0 Å². The van der Waals surface area contributed by atoms with Crippen molar-refractivity contribution < 1.29 is 9.90 Å². The molecule has 2 saturated heterocycles. The van der Waals surface area contributed by atoms with E-state index in [4.69, 9.17) is 11.6 Å². The second kappa shape index (κ2) is 6.23. The molecule has 2 bridgehead atoms. The lowest BCUT2D eigenvalue weighted by atomic mass is 9.67. The van der Waals surface area contributed by atoms with E-state index in [1.54, 1.807) is 17.2 Å². The quantitative estimate of drug-likeness (QED) is 0.723. The molecule has 2 fully saturated rings. The summed E-state index contributed by atoms with van der Waals surface area (Å²) in [5.74, 6) is 0.725. The second-order valence-corrected chi connectivity index (χ2v) is 9.16. The lowest BCUT2D eigenvalue weighted by Gasteiger charge is -2.53. The highest BCUT2D eigenvalue weighted by molar-refractivity contribution is 6.30. The monoisotopic (exact) mass is 388 g/mol. The molecule has 2 aliphatic rings. The lowest BCUT2D eigenvalue weighted by Crippen LogP contribution is -2.63. The van der Waals surface area contributed by atoms with Crippen molar-refractivity contribution in [2.45, 2.75) is 64.1 Å². The normalized spacial score (nSPS) is 27.8. The minimum Gasteiger partial charge on any atom is -0.465 e. The Morgan fingerprint density at radius 2 is 2.22 bits per heavy atom. The molecule has 0 saturated carbocycles. The zero-order valence-corrected chi connectivity index (χ0v) is 16.6. The van der Waals surface area contributed by atoms with Crippen LogP contribution in [0.3, 0.4) is 0 Å². The lowest BCUT2D eigenvalue weighted by molar-refractivity contribution is -0.0175. The number of aromatic nitrogens is 2. The second-order valence-electron chi connectivity index (χ2n) is 8.77. The summed E-state index contributed by atoms with van der Waals surface area (Å²) in [6, 6.07) is 5.80. The zero-order chi connectivity index (χ0) is 19.4. The highest BCUT2D eigenvalue weighted by Crippen LogP contribution is 2.53. The molecule has 0 radical (unpaired) electrons. The van der Waals surface area contributed by atoms with Crippen LogP contribution in [0.25, 0.3) is 10.9 Å². The SMILES string of the molecule is CC(C)(C)[C@@]12CC[C@@H](C[C@H](Nc3nc(Cl)cc4ncccc34)C1)N2C(=O)O. The van der Waals surface area contributed by atoms with E-state index in [1.807, 2.05) is 12.1 Å². The average molecular weight is 389 g/mol. The molecule has 0 aliphatic carbocycles. The van der Waals surface area contributed by atoms with Crippen molar-refractivity contribution in [3.05, 3.63) is 29.5 Å². The first-order valence-electron chi connectivity index (χ1n) is 9.41. The van der Waals surface area contributed by atoms with Gasteiger partial charge < -0.3 is 10.4 Å². The molecular formula is C20H25ClN4O2. The number of anilines is 1. The molecule has 6 nitrogen and oxygen atoms in total. The van der Waals surface area contributed by atoms with Crippen molar-refractivity contribution >= 4 is 34.4 Å². The molecule has 3 atom stereocenters. The van der Waals surface area contributed by atoms with Crippen LogP contribution in [0.15, 0.2) is 24.4 Å². The molecule has 144 valence electrons. The maximum atomic E-state index is 12.0. The van der Waals surface area contributed by atoms with Gasteiger partial charge in [0.1, 0.15) is 11.0 Å². The summed E-state index contributed by atoms with van der Waals surface area (Å²) in [7, 11) is 0. The molecule has 2 N–H and O–H groups in total. The Morgan fingerprint density at radius 3 is 2.93 bits per heavy atom. The predicted molar refractivity (Wildman–Crippen MR) is 106 cm³/mol. The van der Waals surface area contributed by atoms with Gasteiger partial charge >= 0.3 is 6.09 Å². The predicted octanol–water partition coefficient (Wildman–Crippen LogP) is 4.78. The summed E-state index contributed by atoms with van der Waals surface area (Å²) < 4.78 is 0. The fraction of sp³-hybridized carbons (Fsp3) is 0.550. The number of carboxylic acid groups (broad SMARTS) is 1. The molecule has 2 aliphatic heterocycles. The molecule has 0 unspecified atom stereocenters. The fourth-order valence-electron chi connectivity index (χ4n) is 5.09. The first kappa shape index (κ1) is 18.3. The van der Waals surface area contributed by atoms with Gasteiger partial charge in [-0.15, -0.1) is 0 Å². The van der Waals surface area contributed by atoms with E-state index in [9.17, 15) is 9.90 Å². The van der Waals surface area contributed by atoms with Crippen molar-refractivity contribution in [2.24, 2.45) is 5.41 Å². The number of piperidine rings is 1. The number of carbonyl (C=O) groups is 1. The number of nitrogens with zero attached hydrogens (tertiary/aromatic N) is 3. The third kappa shape index (κ3) is 2.90. The van der Waals surface area contributed by atoms with E-state index in [1.165, 1.54) is 0 Å². The van der Waals surface area contributed by atoms with Gasteiger partial charge in [-0.1, -0.05) is 32.4 Å². The number of halogens is 1. The summed E-state index contributed by atoms with van der Waals surface area (Å²) >= 11 is 6.20. The Hall–Kier alpha value is -2.08. The Labute approximate surface area is 163 Å². The number of hydrogen-bond donors (Lipinski definition) is 2. The van der Waals surface area contributed by atoms with Gasteiger partial charge in [0.05, 0.1) is 11.1 Å². The molecule has 2 aromatic rings. The van der Waals surface area contributed by atoms with E-state index < -0.39 is 6.09 Å². The van der Waals surface area contributed by atoms with Crippen LogP contribution in [0.2, 0.25) is 5.15 Å². The number of rotatable bonds is 2. The van der Waals surface area contributed by atoms with Crippen LogP contribution < -0.4 is 5.32 Å². The van der Waals surface area contributed by atoms with Crippen molar-refractivity contribution in [1.82, 2.24) is 14.9 Å². The molecule has 7 heteroatoms. The van der Waals surface area contributed by atoms with Crippen molar-refractivity contribution in [1.29, 1.82) is 0 Å². The number of hydrogen-bond acceptors (Lipinski definition) is 4. The summed E-state index contributed by atoms with van der Waals surface area (Å²) in [6.45, 7) is 6.43. The Balaban J connectivity index is 1.69. The van der Waals surface area contributed by atoms with Gasteiger partial charge in [-0.05, 0) is 43.2 Å². The minimum absolute atomic E-state index is 0.0385. The molecule has 0 spiro atoms. The van der Waals surface area contributed by atoms with Crippen LogP contribution in [-0.4, -0.2) is 43.7 Å². The first-order chi connectivity index (χ1) is 12.7. The van der Waals surface area contributed by atoms with Crippen molar-refractivity contribution in [3.8, 4) is 0 Å². The maximum absolute atomic E-state index is 12.0. The maximum Gasteiger partial charge on any atom is 0.408 e. The number of fused-ring (bicyclic) bond motifs is 3. The first-order valence-corrected chi connectivity index (χ1v) is 9.79. The molecule has 27 heavy (non-hydrogen) atoms. The minimum atomic E-state index is -0.804. The average Bonchev–Trinajstić information content (AvgIpc) is 2.84. The van der Waals surface area contributed by atoms with Gasteiger partial charge in [-0.3, -0.25) is 9.88 Å². The van der Waals surface area contributed by atoms with E-state index in [0.717, 1.165) is 42.4 Å². The molecule has 2 aromatic heterocycles.